The van der Waals surface area contributed by atoms with Crippen LogP contribution in [-0.2, 0) is 27.1 Å². The maximum absolute atomic E-state index is 12.3. The van der Waals surface area contributed by atoms with Crippen LogP contribution in [0.4, 0.5) is 5.82 Å². The van der Waals surface area contributed by atoms with Crippen molar-refractivity contribution in [1.29, 1.82) is 5.26 Å². The Morgan fingerprint density at radius 1 is 1.21 bits per heavy atom. The van der Waals surface area contributed by atoms with Gasteiger partial charge in [0.05, 0.1) is 25.1 Å². The number of aromatic amines is 1. The van der Waals surface area contributed by atoms with Gasteiger partial charge < -0.3 is 14.8 Å². The van der Waals surface area contributed by atoms with E-state index in [-0.39, 0.29) is 12.0 Å². The molecule has 29 heavy (non-hydrogen) atoms. The number of pyridine rings is 1. The average molecular weight is 418 g/mol. The molecule has 156 valence electrons. The Balaban J connectivity index is 1.50. The van der Waals surface area contributed by atoms with Crippen LogP contribution < -0.4 is 15.2 Å². The number of nitrogens with zero attached hydrogens (tertiary/aromatic N) is 2. The Bertz CT molecular complexity index is 783. The van der Waals surface area contributed by atoms with E-state index in [1.807, 2.05) is 0 Å². The van der Waals surface area contributed by atoms with Gasteiger partial charge in [0, 0.05) is 18.7 Å². The molecule has 7 nitrogen and oxygen atoms in total. The number of ether oxygens (including phenoxy) is 2. The number of fused-ring (bicyclic) bond motifs is 1. The molecule has 3 aliphatic rings. The fraction of sp³-hybridized carbons (Fsp3) is 0.667. The molecule has 1 aromatic heterocycles. The Morgan fingerprint density at radius 3 is 2.72 bits per heavy atom. The van der Waals surface area contributed by atoms with Crippen molar-refractivity contribution >= 4 is 23.5 Å². The second kappa shape index (κ2) is 9.79. The standard InChI is InChI=1S/C21H28N4O3S/c22-12-18-16-5-1-2-6-17(16)20(25-7-10-27-11-8-25)24-21(18)29-14-19(26)23-13-15-4-3-9-28-15/h15H,1-11,13-14H2,(H,23,26)/p+1/t15-/m1/s1. The number of anilines is 1. The van der Waals surface area contributed by atoms with Crippen molar-refractivity contribution in [2.24, 2.45) is 0 Å². The first-order chi connectivity index (χ1) is 14.3. The number of hydrogen-bond acceptors (Lipinski definition) is 6. The predicted octanol–water partition coefficient (Wildman–Crippen LogP) is 1.48. The van der Waals surface area contributed by atoms with Crippen LogP contribution in [0.15, 0.2) is 5.03 Å². The van der Waals surface area contributed by atoms with Crippen LogP contribution in [-0.4, -0.2) is 57.2 Å². The van der Waals surface area contributed by atoms with Gasteiger partial charge in [0.1, 0.15) is 24.7 Å². The number of rotatable bonds is 6. The minimum atomic E-state index is -0.0200. The molecule has 4 rings (SSSR count). The summed E-state index contributed by atoms with van der Waals surface area (Å²) in [6.45, 7) is 4.49. The number of amides is 1. The van der Waals surface area contributed by atoms with E-state index in [0.717, 1.165) is 82.3 Å². The van der Waals surface area contributed by atoms with Crippen LogP contribution in [0.1, 0.15) is 42.4 Å². The highest BCUT2D eigenvalue weighted by Gasteiger charge is 2.31. The fourth-order valence-electron chi connectivity index (χ4n) is 4.33. The second-order valence-corrected chi connectivity index (χ2v) is 8.77. The Hall–Kier alpha value is -1.82. The summed E-state index contributed by atoms with van der Waals surface area (Å²) in [5, 5.41) is 13.6. The van der Waals surface area contributed by atoms with Gasteiger partial charge in [-0.2, -0.15) is 5.26 Å². The molecule has 0 bridgehead atoms. The first-order valence-electron chi connectivity index (χ1n) is 10.6. The predicted molar refractivity (Wildman–Crippen MR) is 110 cm³/mol. The van der Waals surface area contributed by atoms with Crippen LogP contribution in [0.3, 0.4) is 0 Å². The highest BCUT2D eigenvalue weighted by molar-refractivity contribution is 7.99. The lowest BCUT2D eigenvalue weighted by atomic mass is 9.89. The van der Waals surface area contributed by atoms with Gasteiger partial charge in [-0.25, -0.2) is 4.98 Å². The molecule has 2 aliphatic heterocycles. The van der Waals surface area contributed by atoms with Crippen molar-refractivity contribution in [3.63, 3.8) is 0 Å². The molecular weight excluding hydrogens is 388 g/mol. The number of hydrogen-bond donors (Lipinski definition) is 1. The molecular formula is C21H29N4O3S+. The van der Waals surface area contributed by atoms with Crippen LogP contribution in [0.2, 0.25) is 0 Å². The van der Waals surface area contributed by atoms with E-state index < -0.39 is 0 Å². The summed E-state index contributed by atoms with van der Waals surface area (Å²) in [6, 6.07) is 2.41. The van der Waals surface area contributed by atoms with Crippen LogP contribution in [0, 0.1) is 11.3 Å². The lowest BCUT2D eigenvalue weighted by Crippen LogP contribution is -2.41. The van der Waals surface area contributed by atoms with Crippen molar-refractivity contribution < 1.29 is 19.3 Å². The van der Waals surface area contributed by atoms with Crippen LogP contribution in [0.5, 0.6) is 0 Å². The van der Waals surface area contributed by atoms with Gasteiger partial charge in [-0.05, 0) is 44.1 Å². The largest absolute Gasteiger partial charge is 0.376 e. The van der Waals surface area contributed by atoms with Crippen LogP contribution in [0.25, 0.3) is 0 Å². The summed E-state index contributed by atoms with van der Waals surface area (Å²) >= 11 is 1.42. The average Bonchev–Trinajstić information content (AvgIpc) is 3.29. The molecule has 0 saturated carbocycles. The van der Waals surface area contributed by atoms with Gasteiger partial charge in [0.15, 0.2) is 5.03 Å². The fourth-order valence-corrected chi connectivity index (χ4v) is 5.19. The van der Waals surface area contributed by atoms with E-state index in [2.05, 4.69) is 21.3 Å². The molecule has 8 heteroatoms. The smallest absolute Gasteiger partial charge is 0.278 e. The molecule has 2 N–H and O–H groups in total. The topological polar surface area (TPSA) is 88.7 Å². The number of aromatic nitrogens is 1. The van der Waals surface area contributed by atoms with E-state index in [9.17, 15) is 10.1 Å². The third-order valence-corrected chi connectivity index (χ3v) is 6.85. The van der Waals surface area contributed by atoms with Gasteiger partial charge in [-0.3, -0.25) is 9.69 Å². The third kappa shape index (κ3) is 4.85. The summed E-state index contributed by atoms with van der Waals surface area (Å²) < 4.78 is 11.1. The Kier molecular flexibility index (Phi) is 6.90. The quantitative estimate of drug-likeness (QED) is 0.706. The zero-order chi connectivity index (χ0) is 20.1. The van der Waals surface area contributed by atoms with Gasteiger partial charge in [-0.15, -0.1) is 0 Å². The molecule has 0 spiro atoms. The third-order valence-electron chi connectivity index (χ3n) is 5.85. The van der Waals surface area contributed by atoms with E-state index in [4.69, 9.17) is 9.47 Å². The SMILES string of the molecule is N#Cc1c(SCC(=O)NC[C@H]2CCCO2)[nH+]c(N2CCOCC2)c2c1CCCC2. The number of carbonyl (C=O) groups is 1. The number of carbonyl (C=O) groups excluding carboxylic acids is 1. The maximum Gasteiger partial charge on any atom is 0.278 e. The zero-order valence-electron chi connectivity index (χ0n) is 16.8. The maximum atomic E-state index is 12.3. The molecule has 1 aliphatic carbocycles. The number of nitrogens with one attached hydrogen (secondary N) is 2. The summed E-state index contributed by atoms with van der Waals surface area (Å²) in [5.41, 5.74) is 3.16. The Labute approximate surface area is 176 Å². The molecule has 2 saturated heterocycles. The van der Waals surface area contributed by atoms with Gasteiger partial charge >= 0.3 is 0 Å². The normalized spacial score (nSPS) is 21.5. The van der Waals surface area contributed by atoms with Crippen LogP contribution >= 0.6 is 11.8 Å². The first kappa shape index (κ1) is 20.5. The molecule has 2 fully saturated rings. The van der Waals surface area contributed by atoms with Gasteiger partial charge in [-0.1, -0.05) is 11.8 Å². The second-order valence-electron chi connectivity index (χ2n) is 7.78. The molecule has 1 amide bonds. The lowest BCUT2D eigenvalue weighted by Gasteiger charge is -2.26. The van der Waals surface area contributed by atoms with Crippen molar-refractivity contribution in [2.75, 3.05) is 50.1 Å². The minimum Gasteiger partial charge on any atom is -0.376 e. The van der Waals surface area contributed by atoms with E-state index in [0.29, 0.717) is 17.9 Å². The lowest BCUT2D eigenvalue weighted by molar-refractivity contribution is -0.414. The summed E-state index contributed by atoms with van der Waals surface area (Å²) in [6.07, 6.45) is 6.41. The molecule has 0 aromatic carbocycles. The van der Waals surface area contributed by atoms with Crippen molar-refractivity contribution in [3.8, 4) is 6.07 Å². The molecule has 3 heterocycles. The van der Waals surface area contributed by atoms with E-state index >= 15 is 0 Å². The molecule has 0 unspecified atom stereocenters. The van der Waals surface area contributed by atoms with Crippen molar-refractivity contribution in [1.82, 2.24) is 5.32 Å². The Morgan fingerprint density at radius 2 is 2.00 bits per heavy atom. The number of thioether (sulfide) groups is 1. The van der Waals surface area contributed by atoms with Gasteiger partial charge in [0.25, 0.3) is 5.82 Å². The van der Waals surface area contributed by atoms with Crippen molar-refractivity contribution in [2.45, 2.75) is 49.7 Å². The van der Waals surface area contributed by atoms with E-state index in [1.54, 1.807) is 0 Å². The number of morpholine rings is 1. The van der Waals surface area contributed by atoms with Crippen molar-refractivity contribution in [3.05, 3.63) is 16.7 Å². The summed E-state index contributed by atoms with van der Waals surface area (Å²) in [7, 11) is 0. The number of H-pyrrole nitrogens is 1. The molecule has 0 radical (unpaired) electrons. The summed E-state index contributed by atoms with van der Waals surface area (Å²) in [4.78, 5) is 18.2. The summed E-state index contributed by atoms with van der Waals surface area (Å²) in [5.74, 6) is 1.39. The monoisotopic (exact) mass is 417 g/mol. The highest BCUT2D eigenvalue weighted by atomic mass is 32.2. The first-order valence-corrected chi connectivity index (χ1v) is 11.6. The van der Waals surface area contributed by atoms with E-state index in [1.165, 1.54) is 22.9 Å². The minimum absolute atomic E-state index is 0.0200. The van der Waals surface area contributed by atoms with Gasteiger partial charge in [0.2, 0.25) is 5.91 Å². The zero-order valence-corrected chi connectivity index (χ0v) is 17.6. The highest BCUT2D eigenvalue weighted by Crippen LogP contribution is 2.33. The molecule has 1 aromatic rings. The number of nitriles is 1. The molecule has 1 atom stereocenters.